The van der Waals surface area contributed by atoms with E-state index < -0.39 is 0 Å². The first-order chi connectivity index (χ1) is 6.74. The number of nitriles is 1. The summed E-state index contributed by atoms with van der Waals surface area (Å²) in [5, 5.41) is 8.61. The minimum absolute atomic E-state index is 0.392. The molecule has 0 radical (unpaired) electrons. The molecular formula is C11H25N3. The third kappa shape index (κ3) is 5.82. The molecule has 0 aromatic heterocycles. The van der Waals surface area contributed by atoms with Gasteiger partial charge in [-0.25, -0.2) is 0 Å². The second kappa shape index (κ2) is 10.3. The van der Waals surface area contributed by atoms with Crippen LogP contribution in [0.5, 0.6) is 0 Å². The molecule has 84 valence electrons. The summed E-state index contributed by atoms with van der Waals surface area (Å²) in [7, 11) is 2.09. The first-order valence-electron chi connectivity index (χ1n) is 5.59. The van der Waals surface area contributed by atoms with Gasteiger partial charge < -0.3 is 9.80 Å². The van der Waals surface area contributed by atoms with Gasteiger partial charge in [-0.15, -0.1) is 0 Å². The van der Waals surface area contributed by atoms with Crippen molar-refractivity contribution in [1.82, 2.24) is 9.80 Å². The lowest BCUT2D eigenvalue weighted by atomic mass is 10.2. The molecule has 0 bridgehead atoms. The summed E-state index contributed by atoms with van der Waals surface area (Å²) in [6.45, 7) is 13.0. The Hall–Kier alpha value is -0.750. The third-order valence-electron chi connectivity index (χ3n) is 1.96. The maximum atomic E-state index is 8.61. The fraction of sp³-hybridized carbons (Fsp3) is 0.909. The lowest BCUT2D eigenvalue weighted by Crippen LogP contribution is -2.47. The summed E-state index contributed by atoms with van der Waals surface area (Å²) >= 11 is 0. The van der Waals surface area contributed by atoms with Gasteiger partial charge in [0.2, 0.25) is 0 Å². The molecule has 0 amide bonds. The summed E-state index contributed by atoms with van der Waals surface area (Å²) in [6.07, 6.45) is 2.18. The molecule has 1 heterocycles. The van der Waals surface area contributed by atoms with Crippen LogP contribution in [-0.2, 0) is 0 Å². The van der Waals surface area contributed by atoms with Gasteiger partial charge in [-0.2, -0.15) is 5.26 Å². The standard InChI is InChI=1S/C7H13N3.2C2H6/c1-7-5-9(2)3-4-10(7)6-8;2*1-2/h7H,3-5H2,1-2H3;2*1-2H3. The number of hydrogen-bond acceptors (Lipinski definition) is 3. The number of likely N-dealkylation sites (N-methyl/N-ethyl adjacent to an activating group) is 1. The van der Waals surface area contributed by atoms with Crippen molar-refractivity contribution in [3.63, 3.8) is 0 Å². The molecule has 1 unspecified atom stereocenters. The molecule has 1 aliphatic rings. The van der Waals surface area contributed by atoms with E-state index in [0.29, 0.717) is 6.04 Å². The van der Waals surface area contributed by atoms with Crippen molar-refractivity contribution >= 4 is 0 Å². The molecule has 0 aromatic rings. The van der Waals surface area contributed by atoms with Crippen LogP contribution < -0.4 is 0 Å². The summed E-state index contributed by atoms with van der Waals surface area (Å²) in [5.41, 5.74) is 0. The van der Waals surface area contributed by atoms with E-state index in [-0.39, 0.29) is 0 Å². The molecule has 0 aromatic carbocycles. The average molecular weight is 199 g/mol. The van der Waals surface area contributed by atoms with E-state index in [1.807, 2.05) is 32.6 Å². The van der Waals surface area contributed by atoms with Crippen LogP contribution in [-0.4, -0.2) is 42.5 Å². The van der Waals surface area contributed by atoms with Crippen LogP contribution in [0.4, 0.5) is 0 Å². The van der Waals surface area contributed by atoms with Crippen molar-refractivity contribution in [2.75, 3.05) is 26.7 Å². The molecule has 1 atom stereocenters. The highest BCUT2D eigenvalue weighted by atomic mass is 15.3. The molecule has 1 aliphatic heterocycles. The molecule has 1 fully saturated rings. The lowest BCUT2D eigenvalue weighted by Gasteiger charge is -2.34. The van der Waals surface area contributed by atoms with Crippen LogP contribution in [0.1, 0.15) is 34.6 Å². The van der Waals surface area contributed by atoms with E-state index in [9.17, 15) is 0 Å². The molecule has 14 heavy (non-hydrogen) atoms. The highest BCUT2D eigenvalue weighted by Gasteiger charge is 2.19. The number of piperazine rings is 1. The van der Waals surface area contributed by atoms with Crippen LogP contribution in [0.25, 0.3) is 0 Å². The normalized spacial score (nSPS) is 20.9. The molecule has 0 aliphatic carbocycles. The van der Waals surface area contributed by atoms with Gasteiger partial charge in [0.15, 0.2) is 6.19 Å². The predicted molar refractivity (Wildman–Crippen MR) is 62.0 cm³/mol. The Morgan fingerprint density at radius 3 is 2.00 bits per heavy atom. The van der Waals surface area contributed by atoms with Gasteiger partial charge in [-0.3, -0.25) is 0 Å². The monoisotopic (exact) mass is 199 g/mol. The molecule has 3 heteroatoms. The minimum atomic E-state index is 0.392. The van der Waals surface area contributed by atoms with Crippen molar-refractivity contribution < 1.29 is 0 Å². The molecule has 0 saturated carbocycles. The third-order valence-corrected chi connectivity index (χ3v) is 1.96. The second-order valence-corrected chi connectivity index (χ2v) is 2.90. The Labute approximate surface area is 89.3 Å². The van der Waals surface area contributed by atoms with E-state index in [1.165, 1.54) is 0 Å². The van der Waals surface area contributed by atoms with Crippen molar-refractivity contribution in [2.24, 2.45) is 0 Å². The topological polar surface area (TPSA) is 30.3 Å². The SMILES string of the molecule is CC.CC.CC1CN(C)CCN1C#N. The van der Waals surface area contributed by atoms with E-state index in [0.717, 1.165) is 19.6 Å². The van der Waals surface area contributed by atoms with Crippen LogP contribution in [0.15, 0.2) is 0 Å². The zero-order valence-electron chi connectivity index (χ0n) is 10.5. The zero-order chi connectivity index (χ0) is 11.6. The molecular weight excluding hydrogens is 174 g/mol. The van der Waals surface area contributed by atoms with E-state index >= 15 is 0 Å². The fourth-order valence-electron chi connectivity index (χ4n) is 1.29. The van der Waals surface area contributed by atoms with Gasteiger partial charge in [0.05, 0.1) is 0 Å². The van der Waals surface area contributed by atoms with Gasteiger partial charge in [0.1, 0.15) is 0 Å². The smallest absolute Gasteiger partial charge is 0.179 e. The van der Waals surface area contributed by atoms with Gasteiger partial charge in [0, 0.05) is 25.7 Å². The maximum absolute atomic E-state index is 8.61. The maximum Gasteiger partial charge on any atom is 0.179 e. The molecule has 1 saturated heterocycles. The average Bonchev–Trinajstić information content (AvgIpc) is 2.24. The summed E-state index contributed by atoms with van der Waals surface area (Å²) in [6, 6.07) is 0.392. The fourth-order valence-corrected chi connectivity index (χ4v) is 1.29. The van der Waals surface area contributed by atoms with Gasteiger partial charge in [-0.1, -0.05) is 27.7 Å². The van der Waals surface area contributed by atoms with Crippen molar-refractivity contribution in [3.8, 4) is 6.19 Å². The minimum Gasteiger partial charge on any atom is -0.305 e. The van der Waals surface area contributed by atoms with Crippen molar-refractivity contribution in [3.05, 3.63) is 0 Å². The van der Waals surface area contributed by atoms with Gasteiger partial charge in [-0.05, 0) is 14.0 Å². The Bertz CT molecular complexity index is 151. The lowest BCUT2D eigenvalue weighted by molar-refractivity contribution is 0.151. The van der Waals surface area contributed by atoms with E-state index in [2.05, 4.69) is 25.1 Å². The quantitative estimate of drug-likeness (QED) is 0.560. The molecule has 3 nitrogen and oxygen atoms in total. The highest BCUT2D eigenvalue weighted by Crippen LogP contribution is 2.04. The number of rotatable bonds is 0. The number of nitrogens with zero attached hydrogens (tertiary/aromatic N) is 3. The molecule has 0 N–H and O–H groups in total. The molecule has 1 rings (SSSR count). The predicted octanol–water partition coefficient (Wildman–Crippen LogP) is 2.16. The Kier molecular flexibility index (Phi) is 11.6. The largest absolute Gasteiger partial charge is 0.305 e. The Morgan fingerprint density at radius 1 is 1.14 bits per heavy atom. The Morgan fingerprint density at radius 2 is 1.64 bits per heavy atom. The van der Waals surface area contributed by atoms with Gasteiger partial charge >= 0.3 is 0 Å². The highest BCUT2D eigenvalue weighted by molar-refractivity contribution is 4.85. The summed E-state index contributed by atoms with van der Waals surface area (Å²) in [5.74, 6) is 0. The molecule has 0 spiro atoms. The Balaban J connectivity index is 0. The summed E-state index contributed by atoms with van der Waals surface area (Å²) in [4.78, 5) is 4.08. The van der Waals surface area contributed by atoms with Crippen molar-refractivity contribution in [1.29, 1.82) is 5.26 Å². The zero-order valence-corrected chi connectivity index (χ0v) is 10.5. The van der Waals surface area contributed by atoms with Crippen LogP contribution in [0.3, 0.4) is 0 Å². The van der Waals surface area contributed by atoms with Crippen LogP contribution >= 0.6 is 0 Å². The van der Waals surface area contributed by atoms with Gasteiger partial charge in [0.25, 0.3) is 0 Å². The summed E-state index contributed by atoms with van der Waals surface area (Å²) < 4.78 is 0. The number of hydrogen-bond donors (Lipinski definition) is 0. The van der Waals surface area contributed by atoms with E-state index in [1.54, 1.807) is 0 Å². The van der Waals surface area contributed by atoms with Crippen molar-refractivity contribution in [2.45, 2.75) is 40.7 Å². The van der Waals surface area contributed by atoms with Crippen LogP contribution in [0.2, 0.25) is 0 Å². The first-order valence-corrected chi connectivity index (χ1v) is 5.59. The first kappa shape index (κ1) is 15.7. The second-order valence-electron chi connectivity index (χ2n) is 2.90. The van der Waals surface area contributed by atoms with Crippen LogP contribution in [0, 0.1) is 11.5 Å². The van der Waals surface area contributed by atoms with E-state index in [4.69, 9.17) is 5.26 Å².